The van der Waals surface area contributed by atoms with Crippen molar-refractivity contribution in [3.63, 3.8) is 0 Å². The van der Waals surface area contributed by atoms with Crippen LogP contribution in [0.25, 0.3) is 0 Å². The number of nitrogens with one attached hydrogen (secondary N) is 2. The summed E-state index contributed by atoms with van der Waals surface area (Å²) < 4.78 is 31.6. The average molecular weight is 282 g/mol. The van der Waals surface area contributed by atoms with Gasteiger partial charge in [0.1, 0.15) is 22.2 Å². The second kappa shape index (κ2) is 5.39. The second-order valence-electron chi connectivity index (χ2n) is 3.86. The van der Waals surface area contributed by atoms with Gasteiger partial charge < -0.3 is 9.84 Å². The highest BCUT2D eigenvalue weighted by molar-refractivity contribution is 7.89. The Morgan fingerprint density at radius 2 is 2.11 bits per heavy atom. The molecule has 0 radical (unpaired) electrons. The number of hydrogen-bond acceptors (Lipinski definition) is 6. The smallest absolute Gasteiger partial charge is 0.242 e. The third-order valence-corrected chi connectivity index (χ3v) is 3.81. The molecule has 0 fully saturated rings. The van der Waals surface area contributed by atoms with E-state index in [1.807, 2.05) is 0 Å². The van der Waals surface area contributed by atoms with Crippen LogP contribution in [0.5, 0.6) is 0 Å². The Balaban J connectivity index is 2.09. The zero-order chi connectivity index (χ0) is 13.9. The van der Waals surface area contributed by atoms with Gasteiger partial charge in [-0.1, -0.05) is 0 Å². The molecule has 0 amide bonds. The van der Waals surface area contributed by atoms with E-state index in [1.165, 1.54) is 18.3 Å². The highest BCUT2D eigenvalue weighted by Gasteiger charge is 2.14. The zero-order valence-corrected chi connectivity index (χ0v) is 11.1. The van der Waals surface area contributed by atoms with Gasteiger partial charge in [0.25, 0.3) is 0 Å². The van der Waals surface area contributed by atoms with Crippen molar-refractivity contribution >= 4 is 15.8 Å². The number of nitrogens with zero attached hydrogens (tertiary/aromatic N) is 1. The summed E-state index contributed by atoms with van der Waals surface area (Å²) in [6, 6.07) is 6.38. The summed E-state index contributed by atoms with van der Waals surface area (Å²) in [7, 11) is -3.62. The van der Waals surface area contributed by atoms with Crippen molar-refractivity contribution in [3.8, 4) is 0 Å². The number of hydrazine groups is 1. The minimum absolute atomic E-state index is 0.0646. The highest BCUT2D eigenvalue weighted by Crippen LogP contribution is 2.11. The van der Waals surface area contributed by atoms with Crippen molar-refractivity contribution in [2.75, 3.05) is 5.43 Å². The van der Waals surface area contributed by atoms with E-state index in [2.05, 4.69) is 15.1 Å². The standard InChI is InChI=1S/C11H14N4O3S/c1-8-2-3-9(18-8)6-14-19(16,17)10-4-5-11(15-12)13-7-10/h2-5,7,14H,6,12H2,1H3,(H,13,15). The van der Waals surface area contributed by atoms with Crippen LogP contribution >= 0.6 is 0 Å². The predicted octanol–water partition coefficient (Wildman–Crippen LogP) is 0.747. The van der Waals surface area contributed by atoms with Crippen molar-refractivity contribution in [2.45, 2.75) is 18.4 Å². The van der Waals surface area contributed by atoms with Crippen molar-refractivity contribution in [1.29, 1.82) is 0 Å². The number of nitrogens with two attached hydrogens (primary N) is 1. The molecule has 0 aromatic carbocycles. The van der Waals surface area contributed by atoms with Crippen LogP contribution < -0.4 is 16.0 Å². The van der Waals surface area contributed by atoms with E-state index in [0.29, 0.717) is 11.6 Å². The van der Waals surface area contributed by atoms with Crippen LogP contribution in [0.1, 0.15) is 11.5 Å². The van der Waals surface area contributed by atoms with Gasteiger partial charge in [-0.15, -0.1) is 0 Å². The van der Waals surface area contributed by atoms with Crippen LogP contribution in [0.15, 0.2) is 39.8 Å². The second-order valence-corrected chi connectivity index (χ2v) is 5.63. The number of anilines is 1. The monoisotopic (exact) mass is 282 g/mol. The summed E-state index contributed by atoms with van der Waals surface area (Å²) in [5, 5.41) is 0. The lowest BCUT2D eigenvalue weighted by molar-refractivity contribution is 0.475. The first-order valence-corrected chi connectivity index (χ1v) is 6.97. The summed E-state index contributed by atoms with van der Waals surface area (Å²) in [5.41, 5.74) is 2.32. The molecule has 0 spiro atoms. The van der Waals surface area contributed by atoms with Gasteiger partial charge in [-0.05, 0) is 31.2 Å². The fourth-order valence-electron chi connectivity index (χ4n) is 1.45. The Bertz CT molecular complexity index is 649. The maximum Gasteiger partial charge on any atom is 0.242 e. The van der Waals surface area contributed by atoms with Gasteiger partial charge in [-0.25, -0.2) is 24.0 Å². The molecule has 0 aliphatic rings. The first kappa shape index (κ1) is 13.5. The summed E-state index contributed by atoms with van der Waals surface area (Å²) in [4.78, 5) is 3.91. The van der Waals surface area contributed by atoms with Gasteiger partial charge in [0.2, 0.25) is 10.0 Å². The first-order chi connectivity index (χ1) is 9.01. The summed E-state index contributed by atoms with van der Waals surface area (Å²) in [6.07, 6.45) is 1.23. The normalized spacial score (nSPS) is 11.5. The van der Waals surface area contributed by atoms with Gasteiger partial charge in [0.15, 0.2) is 0 Å². The topological polar surface area (TPSA) is 110 Å². The lowest BCUT2D eigenvalue weighted by Crippen LogP contribution is -2.23. The van der Waals surface area contributed by atoms with Crippen LogP contribution in [0.4, 0.5) is 5.82 Å². The summed E-state index contributed by atoms with van der Waals surface area (Å²) >= 11 is 0. The lowest BCUT2D eigenvalue weighted by atomic mass is 10.4. The number of sulfonamides is 1. The van der Waals surface area contributed by atoms with Crippen LogP contribution in [0, 0.1) is 6.92 Å². The van der Waals surface area contributed by atoms with Gasteiger partial charge in [-0.3, -0.25) is 0 Å². The van der Waals surface area contributed by atoms with Gasteiger partial charge in [0.05, 0.1) is 6.54 Å². The Morgan fingerprint density at radius 1 is 1.32 bits per heavy atom. The molecule has 0 saturated heterocycles. The van der Waals surface area contributed by atoms with E-state index in [9.17, 15) is 8.42 Å². The fraction of sp³-hybridized carbons (Fsp3) is 0.182. The summed E-state index contributed by atoms with van der Waals surface area (Å²) in [5.74, 6) is 6.83. The van der Waals surface area contributed by atoms with Crippen molar-refractivity contribution in [3.05, 3.63) is 42.0 Å². The molecule has 2 rings (SSSR count). The molecule has 0 unspecified atom stereocenters. The molecule has 8 heteroatoms. The molecule has 4 N–H and O–H groups in total. The molecule has 0 aliphatic carbocycles. The Kier molecular flexibility index (Phi) is 3.84. The van der Waals surface area contributed by atoms with E-state index in [1.54, 1.807) is 19.1 Å². The molecule has 19 heavy (non-hydrogen) atoms. The van der Waals surface area contributed by atoms with Gasteiger partial charge >= 0.3 is 0 Å². The summed E-state index contributed by atoms with van der Waals surface area (Å²) in [6.45, 7) is 1.88. The van der Waals surface area contributed by atoms with E-state index < -0.39 is 10.0 Å². The number of furan rings is 1. The molecule has 0 saturated carbocycles. The number of aryl methyl sites for hydroxylation is 1. The maximum atomic E-state index is 12.0. The largest absolute Gasteiger partial charge is 0.465 e. The molecule has 102 valence electrons. The third kappa shape index (κ3) is 3.31. The molecule has 0 atom stereocenters. The third-order valence-electron chi connectivity index (χ3n) is 2.43. The van der Waals surface area contributed by atoms with Crippen molar-refractivity contribution < 1.29 is 12.8 Å². The van der Waals surface area contributed by atoms with Crippen LogP contribution in [-0.4, -0.2) is 13.4 Å². The average Bonchev–Trinajstić information content (AvgIpc) is 2.82. The van der Waals surface area contributed by atoms with Crippen molar-refractivity contribution in [1.82, 2.24) is 9.71 Å². The van der Waals surface area contributed by atoms with E-state index in [0.717, 1.165) is 5.76 Å². The van der Waals surface area contributed by atoms with Crippen LogP contribution in [0.2, 0.25) is 0 Å². The quantitative estimate of drug-likeness (QED) is 0.551. The van der Waals surface area contributed by atoms with Crippen LogP contribution in [-0.2, 0) is 16.6 Å². The SMILES string of the molecule is Cc1ccc(CNS(=O)(=O)c2ccc(NN)nc2)o1. The van der Waals surface area contributed by atoms with Gasteiger partial charge in [-0.2, -0.15) is 0 Å². The van der Waals surface area contributed by atoms with Crippen molar-refractivity contribution in [2.24, 2.45) is 5.84 Å². The Labute approximate surface area is 110 Å². The molecular formula is C11H14N4O3S. The highest BCUT2D eigenvalue weighted by atomic mass is 32.2. The molecule has 0 bridgehead atoms. The number of nitrogen functional groups attached to an aromatic ring is 1. The minimum Gasteiger partial charge on any atom is -0.465 e. The van der Waals surface area contributed by atoms with Crippen LogP contribution in [0.3, 0.4) is 0 Å². The predicted molar refractivity (Wildman–Crippen MR) is 69.5 cm³/mol. The Morgan fingerprint density at radius 3 is 2.63 bits per heavy atom. The fourth-order valence-corrected chi connectivity index (χ4v) is 2.39. The zero-order valence-electron chi connectivity index (χ0n) is 10.3. The minimum atomic E-state index is -3.62. The van der Waals surface area contributed by atoms with E-state index >= 15 is 0 Å². The Hall–Kier alpha value is -1.90. The first-order valence-electron chi connectivity index (χ1n) is 5.49. The molecular weight excluding hydrogens is 268 g/mol. The molecule has 7 nitrogen and oxygen atoms in total. The number of aromatic nitrogens is 1. The lowest BCUT2D eigenvalue weighted by Gasteiger charge is -2.05. The molecule has 2 aromatic heterocycles. The molecule has 2 aromatic rings. The van der Waals surface area contributed by atoms with E-state index in [-0.39, 0.29) is 11.4 Å². The van der Waals surface area contributed by atoms with E-state index in [4.69, 9.17) is 10.3 Å². The van der Waals surface area contributed by atoms with Gasteiger partial charge in [0, 0.05) is 6.20 Å². The number of rotatable bonds is 5. The molecule has 2 heterocycles. The number of pyridine rings is 1. The molecule has 0 aliphatic heterocycles. The maximum absolute atomic E-state index is 12.0. The number of hydrogen-bond donors (Lipinski definition) is 3.